The Morgan fingerprint density at radius 3 is 1.49 bits per heavy atom. The van der Waals surface area contributed by atoms with Gasteiger partial charge in [-0.2, -0.15) is 0 Å². The lowest BCUT2D eigenvalue weighted by Crippen LogP contribution is -1.97. The molecule has 0 spiro atoms. The van der Waals surface area contributed by atoms with Gasteiger partial charge < -0.3 is 9.55 Å². The van der Waals surface area contributed by atoms with Crippen LogP contribution in [0.15, 0.2) is 152 Å². The summed E-state index contributed by atoms with van der Waals surface area (Å²) in [6.45, 7) is 0. The molecule has 0 radical (unpaired) electrons. The number of para-hydroxylation sites is 1. The number of hydrogen-bond acceptors (Lipinski definition) is 2. The maximum absolute atomic E-state index is 5.29. The van der Waals surface area contributed by atoms with Crippen LogP contribution in [0.4, 0.5) is 4.70 Å². The summed E-state index contributed by atoms with van der Waals surface area (Å²) in [5.41, 5.74) is 15.4. The summed E-state index contributed by atoms with van der Waals surface area (Å²) in [4.78, 5) is 13.9. The van der Waals surface area contributed by atoms with Gasteiger partial charge in [0.2, 0.25) is 0 Å². The molecule has 0 saturated heterocycles. The molecule has 0 aliphatic carbocycles. The number of halogens is 1. The highest BCUT2D eigenvalue weighted by molar-refractivity contribution is 6.10. The highest BCUT2D eigenvalue weighted by Gasteiger charge is 2.25. The molecule has 0 atom stereocenters. The van der Waals surface area contributed by atoms with Crippen LogP contribution in [-0.4, -0.2) is 19.5 Å². The summed E-state index contributed by atoms with van der Waals surface area (Å²) in [6, 6.07) is 53.3. The fourth-order valence-electron chi connectivity index (χ4n) is 6.81. The van der Waals surface area contributed by atoms with Crippen LogP contribution < -0.4 is 0 Å². The third-order valence-corrected chi connectivity index (χ3v) is 8.87. The zero-order valence-electron chi connectivity index (χ0n) is 26.5. The van der Waals surface area contributed by atoms with E-state index in [0.717, 1.165) is 83.9 Å². The monoisotopic (exact) mass is 634 g/mol. The van der Waals surface area contributed by atoms with Gasteiger partial charge in [0.05, 0.1) is 33.8 Å². The van der Waals surface area contributed by atoms with Crippen molar-refractivity contribution in [2.45, 2.75) is 0 Å². The molecular weight excluding hydrogens is 604 g/mol. The first-order chi connectivity index (χ1) is 23.8. The van der Waals surface area contributed by atoms with E-state index in [1.807, 2.05) is 0 Å². The van der Waals surface area contributed by atoms with Crippen LogP contribution in [0, 0.1) is 0 Å². The van der Waals surface area contributed by atoms with E-state index in [0.29, 0.717) is 0 Å². The Labute approximate surface area is 283 Å². The first-order valence-electron chi connectivity index (χ1n) is 16.2. The number of fused-ring (bicyclic) bond motifs is 8. The predicted molar refractivity (Wildman–Crippen MR) is 203 cm³/mol. The number of hydrogen-bond donors (Lipinski definition) is 1. The van der Waals surface area contributed by atoms with Crippen molar-refractivity contribution in [2.24, 2.45) is 0 Å². The van der Waals surface area contributed by atoms with E-state index < -0.39 is 0 Å². The van der Waals surface area contributed by atoms with E-state index in [9.17, 15) is 0 Å². The molecule has 49 heavy (non-hydrogen) atoms. The van der Waals surface area contributed by atoms with Crippen LogP contribution in [0.1, 0.15) is 22.8 Å². The quantitative estimate of drug-likeness (QED) is 0.209. The van der Waals surface area contributed by atoms with Gasteiger partial charge in [-0.1, -0.05) is 109 Å². The molecule has 4 aromatic carbocycles. The minimum Gasteiger partial charge on any atom is -0.355 e. The SMILES string of the molecule is C1=Cc2cc3c(-c4ccccc4)c(-c4ccccc4)c(c(-c4ccccc4)c4nc(cc5ccc(cc1n2)[nH]5)C=C4)n3-c1ccccc1.F. The molecule has 0 amide bonds. The maximum Gasteiger partial charge on any atom is 0.0737 e. The third-order valence-electron chi connectivity index (χ3n) is 8.87. The van der Waals surface area contributed by atoms with Crippen LogP contribution in [0.2, 0.25) is 0 Å². The fourth-order valence-corrected chi connectivity index (χ4v) is 6.81. The number of nitrogens with one attached hydrogen (secondary N) is 1. The van der Waals surface area contributed by atoms with Crippen molar-refractivity contribution in [3.8, 4) is 39.1 Å². The Morgan fingerprint density at radius 1 is 0.429 bits per heavy atom. The Balaban J connectivity index is 0.00000348. The first-order valence-corrected chi connectivity index (χ1v) is 16.2. The summed E-state index contributed by atoms with van der Waals surface area (Å²) in [7, 11) is 0. The van der Waals surface area contributed by atoms with Gasteiger partial charge in [0.25, 0.3) is 0 Å². The van der Waals surface area contributed by atoms with Gasteiger partial charge in [-0.3, -0.25) is 4.70 Å². The lowest BCUT2D eigenvalue weighted by atomic mass is 9.93. The number of aromatic amines is 1. The van der Waals surface area contributed by atoms with Gasteiger partial charge in [0.15, 0.2) is 0 Å². The predicted octanol–water partition coefficient (Wildman–Crippen LogP) is 11.3. The molecule has 4 nitrogen and oxygen atoms in total. The van der Waals surface area contributed by atoms with Gasteiger partial charge in [0, 0.05) is 33.4 Å². The molecule has 0 saturated carbocycles. The Morgan fingerprint density at radius 2 is 0.898 bits per heavy atom. The second-order valence-electron chi connectivity index (χ2n) is 12.0. The van der Waals surface area contributed by atoms with Crippen molar-refractivity contribution in [1.82, 2.24) is 19.5 Å². The van der Waals surface area contributed by atoms with Crippen LogP contribution in [-0.2, 0) is 0 Å². The molecule has 1 N–H and O–H groups in total. The van der Waals surface area contributed by atoms with E-state index >= 15 is 0 Å². The highest BCUT2D eigenvalue weighted by Crippen LogP contribution is 2.47. The largest absolute Gasteiger partial charge is 0.355 e. The molecule has 5 heteroatoms. The molecule has 5 heterocycles. The van der Waals surface area contributed by atoms with Crippen molar-refractivity contribution < 1.29 is 4.70 Å². The van der Waals surface area contributed by atoms with E-state index in [1.165, 1.54) is 0 Å². The summed E-state index contributed by atoms with van der Waals surface area (Å²) >= 11 is 0. The van der Waals surface area contributed by atoms with Crippen LogP contribution in [0.3, 0.4) is 0 Å². The van der Waals surface area contributed by atoms with Gasteiger partial charge in [0.1, 0.15) is 0 Å². The Hall–Kier alpha value is -6.59. The smallest absolute Gasteiger partial charge is 0.0737 e. The minimum atomic E-state index is 0. The van der Waals surface area contributed by atoms with Gasteiger partial charge in [-0.05, 0) is 83.5 Å². The highest BCUT2D eigenvalue weighted by atomic mass is 19.0. The van der Waals surface area contributed by atoms with Crippen molar-refractivity contribution in [3.63, 3.8) is 0 Å². The average Bonchev–Trinajstić information content (AvgIpc) is 3.95. The number of rotatable bonds is 4. The molecule has 0 fully saturated rings. The average molecular weight is 635 g/mol. The molecule has 2 aliphatic heterocycles. The number of aromatic nitrogens is 4. The third kappa shape index (κ3) is 5.47. The molecule has 0 unspecified atom stereocenters. The lowest BCUT2D eigenvalue weighted by Gasteiger charge is -2.13. The van der Waals surface area contributed by atoms with Crippen LogP contribution in [0.5, 0.6) is 0 Å². The Kier molecular flexibility index (Phi) is 7.63. The lowest BCUT2D eigenvalue weighted by molar-refractivity contribution is 1.11. The second-order valence-corrected chi connectivity index (χ2v) is 12.0. The molecular formula is C44H31FN4. The van der Waals surface area contributed by atoms with Crippen LogP contribution in [0.25, 0.3) is 85.4 Å². The normalized spacial score (nSPS) is 11.8. The van der Waals surface area contributed by atoms with Crippen molar-refractivity contribution >= 4 is 46.4 Å². The van der Waals surface area contributed by atoms with Crippen molar-refractivity contribution in [2.75, 3.05) is 0 Å². The Bertz CT molecular complexity index is 2530. The zero-order chi connectivity index (χ0) is 31.9. The maximum atomic E-state index is 5.29. The van der Waals surface area contributed by atoms with E-state index in [4.69, 9.17) is 9.97 Å². The van der Waals surface area contributed by atoms with Gasteiger partial charge in [-0.15, -0.1) is 0 Å². The molecule has 234 valence electrons. The van der Waals surface area contributed by atoms with Gasteiger partial charge in [-0.25, -0.2) is 9.97 Å². The zero-order valence-corrected chi connectivity index (χ0v) is 26.5. The van der Waals surface area contributed by atoms with Crippen molar-refractivity contribution in [3.05, 3.63) is 174 Å². The topological polar surface area (TPSA) is 46.5 Å². The van der Waals surface area contributed by atoms with E-state index in [1.54, 1.807) is 0 Å². The molecule has 3 aromatic heterocycles. The second kappa shape index (κ2) is 12.5. The molecule has 2 aliphatic rings. The summed E-state index contributed by atoms with van der Waals surface area (Å²) in [5, 5.41) is 0. The standard InChI is InChI=1S/C44H30N4.FH/c1-5-13-30(14-6-1)41-39-26-25-36(47-39)28-35-22-21-33(45-35)27-34-23-24-37(46-34)29-40-42(31-15-7-2-8-16-31)43(32-17-9-3-10-18-32)44(41)48(40)38-19-11-4-12-20-38;/h1-29,45H;1H. The fraction of sp³-hybridized carbons (Fsp3) is 0. The minimum absolute atomic E-state index is 0. The number of nitrogens with zero attached hydrogens (tertiary/aromatic N) is 3. The van der Waals surface area contributed by atoms with E-state index in [-0.39, 0.29) is 4.70 Å². The summed E-state index contributed by atoms with van der Waals surface area (Å²) in [5.74, 6) is 0. The van der Waals surface area contributed by atoms with Gasteiger partial charge >= 0.3 is 0 Å². The van der Waals surface area contributed by atoms with Crippen LogP contribution >= 0.6 is 0 Å². The summed E-state index contributed by atoms with van der Waals surface area (Å²) in [6.07, 6.45) is 8.44. The first kappa shape index (κ1) is 29.8. The molecule has 7 aromatic rings. The van der Waals surface area contributed by atoms with E-state index in [2.05, 4.69) is 186 Å². The molecule has 9 rings (SSSR count). The summed E-state index contributed by atoms with van der Waals surface area (Å²) < 4.78 is 2.41. The number of H-pyrrole nitrogens is 1. The number of benzene rings is 4. The van der Waals surface area contributed by atoms with Crippen molar-refractivity contribution in [1.29, 1.82) is 0 Å². The molecule has 8 bridgehead atoms.